The zero-order valence-electron chi connectivity index (χ0n) is 31.4. The van der Waals surface area contributed by atoms with Crippen molar-refractivity contribution in [1.29, 1.82) is 0 Å². The van der Waals surface area contributed by atoms with Crippen LogP contribution >= 0.6 is 0 Å². The van der Waals surface area contributed by atoms with Gasteiger partial charge in [-0.05, 0) is 47.4 Å². The number of nitrogens with zero attached hydrogens (tertiary/aromatic N) is 5. The van der Waals surface area contributed by atoms with Gasteiger partial charge in [0, 0.05) is 43.5 Å². The average Bonchev–Trinajstić information content (AvgIpc) is 3.77. The summed E-state index contributed by atoms with van der Waals surface area (Å²) >= 11 is 0. The Kier molecular flexibility index (Phi) is 8.46. The number of aromatic nitrogens is 5. The van der Waals surface area contributed by atoms with Crippen molar-refractivity contribution in [1.82, 2.24) is 24.1 Å². The molecule has 0 N–H and O–H groups in total. The lowest BCUT2D eigenvalue weighted by Crippen LogP contribution is -2.28. The molecule has 7 aromatic carbocycles. The van der Waals surface area contributed by atoms with Crippen molar-refractivity contribution in [3.05, 3.63) is 199 Å². The van der Waals surface area contributed by atoms with E-state index in [1.54, 1.807) is 0 Å². The summed E-state index contributed by atoms with van der Waals surface area (Å²) in [6.45, 7) is 6.76. The summed E-state index contributed by atoms with van der Waals surface area (Å²) in [5.41, 5.74) is 10.6. The average molecular weight is 732 g/mol. The summed E-state index contributed by atoms with van der Waals surface area (Å²) in [5, 5.41) is 5.18. The fraction of sp³-hybridized carbons (Fsp3) is 0.0192. The lowest BCUT2D eigenvalue weighted by Gasteiger charge is -2.13. The summed E-state index contributed by atoms with van der Waals surface area (Å²) in [6, 6.07) is 61.3. The van der Waals surface area contributed by atoms with E-state index in [0.717, 1.165) is 77.0 Å². The monoisotopic (exact) mass is 731 g/mol. The smallest absolute Gasteiger partial charge is 0.238 e. The number of fused-ring (bicyclic) bond motifs is 5. The third kappa shape index (κ3) is 5.94. The van der Waals surface area contributed by atoms with Crippen LogP contribution in [0, 0.1) is 0 Å². The lowest BCUT2D eigenvalue weighted by atomic mass is 10.0. The maximum absolute atomic E-state index is 5.29. The molecule has 0 amide bonds. The molecule has 10 aromatic rings. The molecule has 0 saturated carbocycles. The van der Waals surface area contributed by atoms with Gasteiger partial charge in [0.25, 0.3) is 0 Å². The molecule has 5 nitrogen and oxygen atoms in total. The van der Waals surface area contributed by atoms with Crippen LogP contribution in [0.3, 0.4) is 0 Å². The van der Waals surface area contributed by atoms with Crippen LogP contribution in [0.4, 0.5) is 0 Å². The van der Waals surface area contributed by atoms with E-state index in [9.17, 15) is 0 Å². The van der Waals surface area contributed by atoms with Gasteiger partial charge in [-0.3, -0.25) is 4.57 Å². The Morgan fingerprint density at radius 3 is 1.49 bits per heavy atom. The molecule has 0 aliphatic rings. The summed E-state index contributed by atoms with van der Waals surface area (Å²) in [5.74, 6) is 1.66. The van der Waals surface area contributed by atoms with E-state index in [1.807, 2.05) is 25.1 Å². The van der Waals surface area contributed by atoms with Gasteiger partial charge < -0.3 is 4.57 Å². The Hall–Kier alpha value is -7.63. The molecule has 0 radical (unpaired) electrons. The highest BCUT2D eigenvalue weighted by molar-refractivity contribution is 6.18. The van der Waals surface area contributed by atoms with E-state index >= 15 is 0 Å². The first-order valence-electron chi connectivity index (χ1n) is 19.2. The highest BCUT2D eigenvalue weighted by atomic mass is 15.2. The molecule has 0 atom stereocenters. The fourth-order valence-electron chi connectivity index (χ4n) is 7.95. The van der Waals surface area contributed by atoms with Crippen LogP contribution in [0.15, 0.2) is 188 Å². The summed E-state index contributed by atoms with van der Waals surface area (Å²) < 4.78 is 4.49. The zero-order chi connectivity index (χ0) is 38.3. The van der Waals surface area contributed by atoms with Crippen molar-refractivity contribution in [2.75, 3.05) is 0 Å². The van der Waals surface area contributed by atoms with Gasteiger partial charge in [0.2, 0.25) is 5.95 Å². The molecule has 0 saturated heterocycles. The number of para-hydroxylation sites is 2. The van der Waals surface area contributed by atoms with Gasteiger partial charge in [0.15, 0.2) is 11.6 Å². The highest BCUT2D eigenvalue weighted by Crippen LogP contribution is 2.37. The van der Waals surface area contributed by atoms with Crippen molar-refractivity contribution in [2.45, 2.75) is 6.92 Å². The highest BCUT2D eigenvalue weighted by Gasteiger charge is 2.22. The second-order valence-corrected chi connectivity index (χ2v) is 14.1. The molecule has 0 spiro atoms. The normalized spacial score (nSPS) is 12.1. The van der Waals surface area contributed by atoms with Crippen molar-refractivity contribution in [2.24, 2.45) is 0 Å². The Morgan fingerprint density at radius 1 is 0.439 bits per heavy atom. The molecule has 270 valence electrons. The minimum atomic E-state index is 0.502. The molecule has 5 heteroatoms. The van der Waals surface area contributed by atoms with E-state index in [-0.39, 0.29) is 0 Å². The van der Waals surface area contributed by atoms with Crippen LogP contribution < -0.4 is 10.6 Å². The SMILES string of the molecule is C=c1/c(=C\C=C/C)c2ccc3c4ccccc4n(-c4ccccc4)c3c2n1-c1nc(-c2ccc(-c3ccccc3)cc2)nc(-c2ccc(-c3ccccc3)cc2)n1. The molecular weight excluding hydrogens is 695 g/mol. The van der Waals surface area contributed by atoms with Crippen LogP contribution in [0.5, 0.6) is 0 Å². The number of benzene rings is 7. The largest absolute Gasteiger partial charge is 0.307 e. The van der Waals surface area contributed by atoms with Gasteiger partial charge in [0.1, 0.15) is 0 Å². The topological polar surface area (TPSA) is 48.5 Å². The number of hydrogen-bond donors (Lipinski definition) is 0. The zero-order valence-corrected chi connectivity index (χ0v) is 31.4. The van der Waals surface area contributed by atoms with Gasteiger partial charge in [-0.25, -0.2) is 4.98 Å². The molecule has 0 aliphatic heterocycles. The molecular formula is C52H37N5. The van der Waals surface area contributed by atoms with Crippen LogP contribution in [-0.2, 0) is 0 Å². The summed E-state index contributed by atoms with van der Waals surface area (Å²) in [6.07, 6.45) is 6.24. The molecule has 57 heavy (non-hydrogen) atoms. The predicted molar refractivity (Wildman–Crippen MR) is 237 cm³/mol. The molecule has 0 bridgehead atoms. The van der Waals surface area contributed by atoms with Crippen LogP contribution in [-0.4, -0.2) is 24.1 Å². The van der Waals surface area contributed by atoms with Gasteiger partial charge in [-0.1, -0.05) is 183 Å². The van der Waals surface area contributed by atoms with Gasteiger partial charge in [-0.2, -0.15) is 9.97 Å². The van der Waals surface area contributed by atoms with E-state index < -0.39 is 0 Å². The fourth-order valence-corrected chi connectivity index (χ4v) is 7.95. The van der Waals surface area contributed by atoms with E-state index in [0.29, 0.717) is 17.6 Å². The van der Waals surface area contributed by atoms with Crippen molar-refractivity contribution < 1.29 is 0 Å². The minimum Gasteiger partial charge on any atom is -0.307 e. The number of rotatable bonds is 7. The quantitative estimate of drug-likeness (QED) is 0.164. The molecule has 3 aromatic heterocycles. The van der Waals surface area contributed by atoms with E-state index in [4.69, 9.17) is 21.5 Å². The van der Waals surface area contributed by atoms with Gasteiger partial charge in [-0.15, -0.1) is 0 Å². The minimum absolute atomic E-state index is 0.502. The van der Waals surface area contributed by atoms with Crippen molar-refractivity contribution in [3.63, 3.8) is 0 Å². The summed E-state index contributed by atoms with van der Waals surface area (Å²) in [7, 11) is 0. The molecule has 0 unspecified atom stereocenters. The predicted octanol–water partition coefficient (Wildman–Crippen LogP) is 11.3. The van der Waals surface area contributed by atoms with Gasteiger partial charge in [0.05, 0.1) is 16.6 Å². The maximum atomic E-state index is 5.29. The molecule has 0 aliphatic carbocycles. The van der Waals surface area contributed by atoms with Crippen LogP contribution in [0.2, 0.25) is 0 Å². The first kappa shape index (κ1) is 33.9. The third-order valence-electron chi connectivity index (χ3n) is 10.7. The Bertz CT molecular complexity index is 3110. The standard InChI is InChI=1S/C52H37N5/c1-3-4-22-43-35(2)56(48-45(43)33-34-46-44-23-14-15-24-47(44)57(49(46)48)42-20-12-7-13-21-42)52-54-50(40-29-25-38(26-30-40)36-16-8-5-9-17-36)53-51(55-52)41-31-27-39(28-32-41)37-18-10-6-11-19-37/h3-34H,2H2,1H3/b4-3-,43-22+. The first-order chi connectivity index (χ1) is 28.2. The number of allylic oxidation sites excluding steroid dienone is 2. The second kappa shape index (κ2) is 14.2. The van der Waals surface area contributed by atoms with E-state index in [2.05, 4.69) is 185 Å². The van der Waals surface area contributed by atoms with Crippen LogP contribution in [0.1, 0.15) is 6.92 Å². The Morgan fingerprint density at radius 2 is 0.912 bits per heavy atom. The maximum Gasteiger partial charge on any atom is 0.238 e. The summed E-state index contributed by atoms with van der Waals surface area (Å²) in [4.78, 5) is 15.7. The number of hydrogen-bond acceptors (Lipinski definition) is 3. The lowest BCUT2D eigenvalue weighted by molar-refractivity contribution is 0.913. The molecule has 3 heterocycles. The van der Waals surface area contributed by atoms with Crippen molar-refractivity contribution >= 4 is 45.4 Å². The van der Waals surface area contributed by atoms with E-state index in [1.165, 1.54) is 5.39 Å². The third-order valence-corrected chi connectivity index (χ3v) is 10.7. The van der Waals surface area contributed by atoms with Crippen molar-refractivity contribution in [3.8, 4) is 56.7 Å². The van der Waals surface area contributed by atoms with Crippen LogP contribution in [0.25, 0.3) is 102 Å². The second-order valence-electron chi connectivity index (χ2n) is 14.1. The Labute approximate surface area is 330 Å². The molecule has 0 fully saturated rings. The Balaban J connectivity index is 1.27. The van der Waals surface area contributed by atoms with Gasteiger partial charge >= 0.3 is 0 Å². The first-order valence-corrected chi connectivity index (χ1v) is 19.2. The molecule has 10 rings (SSSR count).